The van der Waals surface area contributed by atoms with Crippen molar-refractivity contribution in [1.29, 1.82) is 0 Å². The summed E-state index contributed by atoms with van der Waals surface area (Å²) in [5.41, 5.74) is 0. The Kier molecular flexibility index (Phi) is 2.58. The molecule has 0 saturated heterocycles. The lowest BCUT2D eigenvalue weighted by atomic mass is 9.84. The molecule has 0 aromatic carbocycles. The van der Waals surface area contributed by atoms with Crippen molar-refractivity contribution in [2.75, 3.05) is 5.75 Å². The van der Waals surface area contributed by atoms with Crippen LogP contribution >= 0.6 is 10.7 Å². The number of rotatable bonds is 3. The van der Waals surface area contributed by atoms with E-state index in [1.807, 2.05) is 0 Å². The van der Waals surface area contributed by atoms with Crippen molar-refractivity contribution < 1.29 is 8.42 Å². The van der Waals surface area contributed by atoms with E-state index in [2.05, 4.69) is 0 Å². The van der Waals surface area contributed by atoms with Crippen molar-refractivity contribution in [2.24, 2.45) is 5.92 Å². The summed E-state index contributed by atoms with van der Waals surface area (Å²) in [7, 11) is 1.81. The van der Waals surface area contributed by atoms with Crippen LogP contribution < -0.4 is 0 Å². The van der Waals surface area contributed by atoms with Gasteiger partial charge in [-0.25, -0.2) is 8.42 Å². The molecule has 0 spiro atoms. The van der Waals surface area contributed by atoms with Crippen molar-refractivity contribution in [1.82, 2.24) is 0 Å². The van der Waals surface area contributed by atoms with Gasteiger partial charge in [0.1, 0.15) is 0 Å². The zero-order chi connectivity index (χ0) is 7.61. The topological polar surface area (TPSA) is 34.1 Å². The molecule has 0 atom stereocenters. The average Bonchev–Trinajstić information content (AvgIpc) is 1.56. The molecule has 0 N–H and O–H groups in total. The first-order chi connectivity index (χ1) is 4.58. The maximum Gasteiger partial charge on any atom is 0.232 e. The standard InChI is InChI=1S/C6H11ClO2S/c7-10(8,9)5-4-6-2-1-3-6/h6H,1-5H2. The Hall–Kier alpha value is 0.240. The third kappa shape index (κ3) is 2.88. The number of halogens is 1. The summed E-state index contributed by atoms with van der Waals surface area (Å²) in [4.78, 5) is 0. The van der Waals surface area contributed by atoms with Gasteiger partial charge in [-0.2, -0.15) is 0 Å². The van der Waals surface area contributed by atoms with E-state index in [9.17, 15) is 8.42 Å². The molecule has 60 valence electrons. The molecular weight excluding hydrogens is 172 g/mol. The largest absolute Gasteiger partial charge is 0.232 e. The normalized spacial score (nSPS) is 20.5. The highest BCUT2D eigenvalue weighted by atomic mass is 35.7. The predicted octanol–water partition coefficient (Wildman–Crippen LogP) is 1.75. The van der Waals surface area contributed by atoms with E-state index in [1.54, 1.807) is 0 Å². The molecule has 4 heteroatoms. The molecule has 0 heterocycles. The summed E-state index contributed by atoms with van der Waals surface area (Å²) < 4.78 is 20.9. The quantitative estimate of drug-likeness (QED) is 0.624. The van der Waals surface area contributed by atoms with E-state index in [-0.39, 0.29) is 5.75 Å². The van der Waals surface area contributed by atoms with Crippen LogP contribution in [-0.2, 0) is 9.05 Å². The first kappa shape index (κ1) is 8.34. The summed E-state index contributed by atoms with van der Waals surface area (Å²) in [6.07, 6.45) is 4.39. The lowest BCUT2D eigenvalue weighted by Crippen LogP contribution is -2.14. The van der Waals surface area contributed by atoms with Gasteiger partial charge in [-0.15, -0.1) is 0 Å². The molecule has 1 rings (SSSR count). The Balaban J connectivity index is 2.16. The van der Waals surface area contributed by atoms with Crippen LogP contribution in [0.4, 0.5) is 0 Å². The van der Waals surface area contributed by atoms with Crippen LogP contribution in [0.3, 0.4) is 0 Å². The molecule has 10 heavy (non-hydrogen) atoms. The highest BCUT2D eigenvalue weighted by Crippen LogP contribution is 2.29. The fourth-order valence-electron chi connectivity index (χ4n) is 1.09. The summed E-state index contributed by atoms with van der Waals surface area (Å²) in [6, 6.07) is 0. The summed E-state index contributed by atoms with van der Waals surface area (Å²) in [5.74, 6) is 0.785. The van der Waals surface area contributed by atoms with Gasteiger partial charge >= 0.3 is 0 Å². The molecule has 0 aliphatic heterocycles. The van der Waals surface area contributed by atoms with Crippen LogP contribution in [0, 0.1) is 5.92 Å². The van der Waals surface area contributed by atoms with E-state index in [1.165, 1.54) is 19.3 Å². The number of hydrogen-bond donors (Lipinski definition) is 0. The fourth-order valence-corrected chi connectivity index (χ4v) is 1.97. The van der Waals surface area contributed by atoms with E-state index >= 15 is 0 Å². The molecule has 0 aromatic rings. The molecule has 0 radical (unpaired) electrons. The molecule has 0 aromatic heterocycles. The first-order valence-corrected chi connectivity index (χ1v) is 5.98. The third-order valence-electron chi connectivity index (χ3n) is 1.99. The van der Waals surface area contributed by atoms with Gasteiger partial charge in [0.2, 0.25) is 9.05 Å². The second-order valence-electron chi connectivity index (χ2n) is 2.83. The molecule has 1 aliphatic carbocycles. The fraction of sp³-hybridized carbons (Fsp3) is 1.00. The SMILES string of the molecule is O=S(=O)(Cl)CCC1CCC1. The Morgan fingerprint density at radius 3 is 2.30 bits per heavy atom. The van der Waals surface area contributed by atoms with Gasteiger partial charge in [-0.3, -0.25) is 0 Å². The average molecular weight is 183 g/mol. The van der Waals surface area contributed by atoms with Crippen molar-refractivity contribution >= 4 is 19.7 Å². The maximum atomic E-state index is 10.4. The van der Waals surface area contributed by atoms with Gasteiger partial charge in [0, 0.05) is 10.7 Å². The smallest absolute Gasteiger partial charge is 0.212 e. The molecule has 0 amide bonds. The van der Waals surface area contributed by atoms with Crippen LogP contribution in [0.5, 0.6) is 0 Å². The van der Waals surface area contributed by atoms with Crippen LogP contribution in [0.25, 0.3) is 0 Å². The molecule has 2 nitrogen and oxygen atoms in total. The van der Waals surface area contributed by atoms with Crippen molar-refractivity contribution in [3.63, 3.8) is 0 Å². The molecule has 0 unspecified atom stereocenters. The predicted molar refractivity (Wildman–Crippen MR) is 41.6 cm³/mol. The van der Waals surface area contributed by atoms with Crippen molar-refractivity contribution in [3.05, 3.63) is 0 Å². The Bertz CT molecular complexity index is 194. The maximum absolute atomic E-state index is 10.4. The van der Waals surface area contributed by atoms with Crippen LogP contribution in [0.15, 0.2) is 0 Å². The number of hydrogen-bond acceptors (Lipinski definition) is 2. The summed E-state index contributed by atoms with van der Waals surface area (Å²) in [6.45, 7) is 0. The molecular formula is C6H11ClO2S. The minimum absolute atomic E-state index is 0.152. The highest BCUT2D eigenvalue weighted by molar-refractivity contribution is 8.13. The Labute approximate surface area is 66.0 Å². The van der Waals surface area contributed by atoms with Gasteiger partial charge in [0.15, 0.2) is 0 Å². The molecule has 1 fully saturated rings. The van der Waals surface area contributed by atoms with Gasteiger partial charge in [0.05, 0.1) is 5.75 Å². The lowest BCUT2D eigenvalue weighted by Gasteiger charge is -2.24. The van der Waals surface area contributed by atoms with Crippen LogP contribution in [0.2, 0.25) is 0 Å². The zero-order valence-electron chi connectivity index (χ0n) is 5.72. The summed E-state index contributed by atoms with van der Waals surface area (Å²) in [5, 5.41) is 0. The Morgan fingerprint density at radius 2 is 2.00 bits per heavy atom. The second-order valence-corrected chi connectivity index (χ2v) is 5.73. The van der Waals surface area contributed by atoms with E-state index in [0.717, 1.165) is 6.42 Å². The van der Waals surface area contributed by atoms with Crippen LogP contribution in [0.1, 0.15) is 25.7 Å². The van der Waals surface area contributed by atoms with Gasteiger partial charge < -0.3 is 0 Å². The third-order valence-corrected chi connectivity index (χ3v) is 3.18. The first-order valence-electron chi connectivity index (χ1n) is 3.50. The molecule has 1 aliphatic rings. The van der Waals surface area contributed by atoms with Crippen molar-refractivity contribution in [2.45, 2.75) is 25.7 Å². The van der Waals surface area contributed by atoms with Gasteiger partial charge in [-0.05, 0) is 12.3 Å². The van der Waals surface area contributed by atoms with Gasteiger partial charge in [-0.1, -0.05) is 19.3 Å². The molecule has 1 saturated carbocycles. The summed E-state index contributed by atoms with van der Waals surface area (Å²) >= 11 is 0. The minimum Gasteiger partial charge on any atom is -0.212 e. The zero-order valence-corrected chi connectivity index (χ0v) is 7.29. The monoisotopic (exact) mass is 182 g/mol. The van der Waals surface area contributed by atoms with Crippen molar-refractivity contribution in [3.8, 4) is 0 Å². The van der Waals surface area contributed by atoms with Gasteiger partial charge in [0.25, 0.3) is 0 Å². The minimum atomic E-state index is -3.22. The molecule has 0 bridgehead atoms. The lowest BCUT2D eigenvalue weighted by molar-refractivity contribution is 0.308. The van der Waals surface area contributed by atoms with Crippen LogP contribution in [-0.4, -0.2) is 14.2 Å². The van der Waals surface area contributed by atoms with E-state index in [0.29, 0.717) is 5.92 Å². The highest BCUT2D eigenvalue weighted by Gasteiger charge is 2.19. The van der Waals surface area contributed by atoms with E-state index < -0.39 is 9.05 Å². The Morgan fingerprint density at radius 1 is 1.40 bits per heavy atom. The van der Waals surface area contributed by atoms with E-state index in [4.69, 9.17) is 10.7 Å². The second kappa shape index (κ2) is 3.09.